The van der Waals surface area contributed by atoms with Crippen LogP contribution in [0.4, 0.5) is 23.2 Å². The molecule has 0 spiro atoms. The predicted molar refractivity (Wildman–Crippen MR) is 124 cm³/mol. The van der Waals surface area contributed by atoms with Gasteiger partial charge in [-0.15, -0.1) is 0 Å². The highest BCUT2D eigenvalue weighted by atomic mass is 127. The first-order valence-corrected chi connectivity index (χ1v) is 11.6. The van der Waals surface area contributed by atoms with Gasteiger partial charge in [-0.25, -0.2) is 4.39 Å². The van der Waals surface area contributed by atoms with Crippen LogP contribution in [0, 0.1) is 5.92 Å². The number of anilines is 1. The summed E-state index contributed by atoms with van der Waals surface area (Å²) in [7, 11) is 0. The molecule has 5 nitrogen and oxygen atoms in total. The van der Waals surface area contributed by atoms with Crippen LogP contribution in [-0.2, 0) is 11.0 Å². The number of pyridine rings is 1. The minimum atomic E-state index is -4.49. The van der Waals surface area contributed by atoms with Crippen molar-refractivity contribution in [1.82, 2.24) is 15.2 Å². The number of carbonyl (C=O) groups excluding carboxylic acids is 1. The molecule has 32 heavy (non-hydrogen) atoms. The van der Waals surface area contributed by atoms with Crippen LogP contribution in [-0.4, -0.2) is 57.7 Å². The molecule has 0 radical (unpaired) electrons. The fourth-order valence-electron chi connectivity index (χ4n) is 4.62. The molecule has 3 heterocycles. The molecule has 2 aliphatic heterocycles. The van der Waals surface area contributed by atoms with E-state index in [1.165, 1.54) is 12.3 Å². The van der Waals surface area contributed by atoms with Gasteiger partial charge in [0.15, 0.2) is 3.68 Å². The van der Waals surface area contributed by atoms with Crippen LogP contribution in [0.15, 0.2) is 30.5 Å². The summed E-state index contributed by atoms with van der Waals surface area (Å²) in [6.45, 7) is 5.42. The van der Waals surface area contributed by atoms with E-state index in [9.17, 15) is 22.4 Å². The number of amides is 1. The summed E-state index contributed by atoms with van der Waals surface area (Å²) in [4.78, 5) is 20.6. The Morgan fingerprint density at radius 2 is 2.00 bits per heavy atom. The molecular formula is C22H25F4IN4O. The average Bonchev–Trinajstić information content (AvgIpc) is 2.69. The minimum Gasteiger partial charge on any atom is -0.369 e. The number of benzene rings is 1. The largest absolute Gasteiger partial charge is 0.418 e. The molecule has 1 aromatic heterocycles. The monoisotopic (exact) mass is 564 g/mol. The number of nitrogens with one attached hydrogen (secondary N) is 1. The normalized spacial score (nSPS) is 24.8. The molecule has 1 N–H and O–H groups in total. The molecule has 10 heteroatoms. The summed E-state index contributed by atoms with van der Waals surface area (Å²) in [5.74, 6) is 0.0742. The second kappa shape index (κ2) is 8.58. The molecule has 3 atom stereocenters. The lowest BCUT2D eigenvalue weighted by molar-refractivity contribution is -0.136. The van der Waals surface area contributed by atoms with Gasteiger partial charge in [0.1, 0.15) is 0 Å². The van der Waals surface area contributed by atoms with Gasteiger partial charge in [0.2, 0.25) is 5.91 Å². The van der Waals surface area contributed by atoms with Crippen molar-refractivity contribution < 1.29 is 22.4 Å². The number of alkyl halides is 5. The first-order chi connectivity index (χ1) is 14.9. The van der Waals surface area contributed by atoms with Crippen molar-refractivity contribution >= 4 is 45.1 Å². The molecule has 1 amide bonds. The summed E-state index contributed by atoms with van der Waals surface area (Å²) >= 11 is 1.76. The van der Waals surface area contributed by atoms with E-state index in [1.54, 1.807) is 46.5 Å². The zero-order valence-electron chi connectivity index (χ0n) is 17.8. The Morgan fingerprint density at radius 3 is 2.66 bits per heavy atom. The van der Waals surface area contributed by atoms with Crippen molar-refractivity contribution in [2.75, 3.05) is 31.1 Å². The number of carbonyl (C=O) groups is 1. The van der Waals surface area contributed by atoms with Gasteiger partial charge in [0, 0.05) is 49.5 Å². The number of piperidine rings is 1. The summed E-state index contributed by atoms with van der Waals surface area (Å²) in [6.07, 6.45) is -2.35. The molecule has 0 saturated carbocycles. The van der Waals surface area contributed by atoms with Crippen LogP contribution < -0.4 is 10.2 Å². The van der Waals surface area contributed by atoms with Crippen LogP contribution in [0.3, 0.4) is 0 Å². The third-order valence-corrected chi connectivity index (χ3v) is 6.88. The number of fused-ring (bicyclic) bond motifs is 1. The predicted octanol–water partition coefficient (Wildman–Crippen LogP) is 4.39. The Kier molecular flexibility index (Phi) is 6.30. The van der Waals surface area contributed by atoms with Gasteiger partial charge in [0.05, 0.1) is 17.1 Å². The Hall–Kier alpha value is -1.69. The Balaban J connectivity index is 1.53. The number of hydrogen-bond donors (Lipinski definition) is 1. The summed E-state index contributed by atoms with van der Waals surface area (Å²) < 4.78 is 52.9. The maximum absolute atomic E-state index is 13.8. The molecule has 1 aromatic carbocycles. The molecule has 1 unspecified atom stereocenters. The first kappa shape index (κ1) is 23.5. The molecular weight excluding hydrogens is 539 g/mol. The summed E-state index contributed by atoms with van der Waals surface area (Å²) in [6, 6.07) is 5.27. The standard InChI is InChI=1S/C22H25F4IN4O/c1-13-8-15(29-20(32)14(2)31-11-21(23,27)12-31)10-30(9-13)18-6-5-17(22(24,25)26)19-16(18)4-3-7-28-19/h3-7,13-15H,8-12H2,1-2H3,(H,29,32)/t13-,14?,15+/m0/s1. The van der Waals surface area contributed by atoms with Gasteiger partial charge >= 0.3 is 6.18 Å². The lowest BCUT2D eigenvalue weighted by Gasteiger charge is -2.44. The molecule has 2 aliphatic rings. The van der Waals surface area contributed by atoms with Crippen molar-refractivity contribution in [1.29, 1.82) is 0 Å². The third-order valence-electron chi connectivity index (χ3n) is 6.19. The first-order valence-electron chi connectivity index (χ1n) is 10.6. The molecule has 2 aromatic rings. The maximum Gasteiger partial charge on any atom is 0.418 e. The van der Waals surface area contributed by atoms with Gasteiger partial charge < -0.3 is 10.2 Å². The maximum atomic E-state index is 13.8. The number of hydrogen-bond acceptors (Lipinski definition) is 4. The van der Waals surface area contributed by atoms with Crippen molar-refractivity contribution in [2.24, 2.45) is 5.92 Å². The average molecular weight is 564 g/mol. The van der Waals surface area contributed by atoms with Crippen LogP contribution in [0.5, 0.6) is 0 Å². The van der Waals surface area contributed by atoms with Gasteiger partial charge in [-0.1, -0.05) is 6.92 Å². The summed E-state index contributed by atoms with van der Waals surface area (Å²) in [5.41, 5.74) is -0.152. The number of halogens is 5. The van der Waals surface area contributed by atoms with Crippen molar-refractivity contribution in [2.45, 2.75) is 42.2 Å². The topological polar surface area (TPSA) is 48.5 Å². The smallest absolute Gasteiger partial charge is 0.369 e. The quantitative estimate of drug-likeness (QED) is 0.340. The van der Waals surface area contributed by atoms with Crippen molar-refractivity contribution in [3.05, 3.63) is 36.0 Å². The highest BCUT2D eigenvalue weighted by molar-refractivity contribution is 14.1. The third kappa shape index (κ3) is 4.80. The number of rotatable bonds is 4. The Bertz CT molecular complexity index is 1010. The van der Waals surface area contributed by atoms with E-state index < -0.39 is 21.5 Å². The van der Waals surface area contributed by atoms with Crippen molar-refractivity contribution in [3.8, 4) is 0 Å². The lowest BCUT2D eigenvalue weighted by atomic mass is 9.94. The van der Waals surface area contributed by atoms with Crippen LogP contribution in [0.2, 0.25) is 0 Å². The molecule has 0 bridgehead atoms. The van der Waals surface area contributed by atoms with Gasteiger partial charge in [0.25, 0.3) is 0 Å². The second-order valence-electron chi connectivity index (χ2n) is 8.92. The zero-order chi connectivity index (χ0) is 23.3. The van der Waals surface area contributed by atoms with E-state index in [1.807, 2.05) is 4.90 Å². The fourth-order valence-corrected chi connectivity index (χ4v) is 5.50. The van der Waals surface area contributed by atoms with Gasteiger partial charge in [-0.05, 0) is 66.1 Å². The van der Waals surface area contributed by atoms with E-state index in [0.29, 0.717) is 24.2 Å². The molecule has 4 rings (SSSR count). The van der Waals surface area contributed by atoms with E-state index in [-0.39, 0.29) is 36.5 Å². The molecule has 2 fully saturated rings. The van der Waals surface area contributed by atoms with E-state index in [0.717, 1.165) is 12.5 Å². The lowest BCUT2D eigenvalue weighted by Crippen LogP contribution is -2.63. The van der Waals surface area contributed by atoms with Crippen molar-refractivity contribution in [3.63, 3.8) is 0 Å². The van der Waals surface area contributed by atoms with Crippen LogP contribution in [0.25, 0.3) is 10.9 Å². The molecule has 174 valence electrons. The fraction of sp³-hybridized carbons (Fsp3) is 0.545. The van der Waals surface area contributed by atoms with Gasteiger partial charge in [-0.2, -0.15) is 13.2 Å². The molecule has 2 saturated heterocycles. The van der Waals surface area contributed by atoms with Crippen LogP contribution in [0.1, 0.15) is 25.8 Å². The second-order valence-corrected chi connectivity index (χ2v) is 10.9. The van der Waals surface area contributed by atoms with Crippen LogP contribution >= 0.6 is 22.6 Å². The SMILES string of the molecule is CC(C(=O)N[C@@H]1C[C@H](C)CN(c2ccc(C(F)(F)F)c3ncccc23)C1)N1CC(F)(I)C1. The van der Waals surface area contributed by atoms with E-state index >= 15 is 0 Å². The summed E-state index contributed by atoms with van der Waals surface area (Å²) in [5, 5.41) is 3.51. The highest BCUT2D eigenvalue weighted by Gasteiger charge is 2.45. The number of aromatic nitrogens is 1. The Labute approximate surface area is 197 Å². The molecule has 0 aliphatic carbocycles. The Morgan fingerprint density at radius 1 is 1.28 bits per heavy atom. The van der Waals surface area contributed by atoms with E-state index in [2.05, 4.69) is 17.2 Å². The number of likely N-dealkylation sites (tertiary alicyclic amines) is 1. The van der Waals surface area contributed by atoms with Gasteiger partial charge in [-0.3, -0.25) is 14.7 Å². The zero-order valence-corrected chi connectivity index (χ0v) is 20.0. The minimum absolute atomic E-state index is 0.0729. The number of nitrogens with zero attached hydrogens (tertiary/aromatic N) is 3. The van der Waals surface area contributed by atoms with E-state index in [4.69, 9.17) is 0 Å². The highest BCUT2D eigenvalue weighted by Crippen LogP contribution is 2.38.